The monoisotopic (exact) mass is 207 g/mol. The largest absolute Gasteiger partial charge is 0.354 e. The van der Waals surface area contributed by atoms with Crippen molar-refractivity contribution in [2.75, 3.05) is 6.54 Å². The van der Waals surface area contributed by atoms with Gasteiger partial charge < -0.3 is 5.32 Å². The molecule has 3 heteroatoms. The normalized spacial score (nSPS) is 26.1. The maximum atomic E-state index is 13.5. The molecule has 1 saturated heterocycles. The molecule has 0 aliphatic carbocycles. The molecule has 80 valence electrons. The van der Waals surface area contributed by atoms with Crippen LogP contribution >= 0.6 is 0 Å². The smallest absolute Gasteiger partial charge is 0.254 e. The first kappa shape index (κ1) is 10.1. The molecule has 1 aliphatic heterocycles. The molecule has 1 aromatic rings. The van der Waals surface area contributed by atoms with E-state index in [1.54, 1.807) is 0 Å². The fraction of sp³-hybridized carbons (Fsp3) is 0.417. The van der Waals surface area contributed by atoms with Gasteiger partial charge in [0.05, 0.1) is 0 Å². The van der Waals surface area contributed by atoms with Crippen LogP contribution < -0.4 is 5.32 Å². The second kappa shape index (κ2) is 4.43. The van der Waals surface area contributed by atoms with E-state index in [1.807, 2.05) is 30.3 Å². The second-order valence-corrected chi connectivity index (χ2v) is 3.93. The number of hydrogen-bond acceptors (Lipinski definition) is 1. The van der Waals surface area contributed by atoms with Crippen LogP contribution in [0, 0.1) is 5.92 Å². The molecule has 0 aromatic heterocycles. The molecule has 2 atom stereocenters. The van der Waals surface area contributed by atoms with Gasteiger partial charge in [-0.3, -0.25) is 4.79 Å². The van der Waals surface area contributed by atoms with E-state index >= 15 is 0 Å². The number of alkyl halides is 1. The first-order valence-electron chi connectivity index (χ1n) is 5.23. The van der Waals surface area contributed by atoms with Crippen molar-refractivity contribution in [3.8, 4) is 0 Å². The summed E-state index contributed by atoms with van der Waals surface area (Å²) in [4.78, 5) is 11.1. The molecule has 0 saturated carbocycles. The minimum absolute atomic E-state index is 0.166. The van der Waals surface area contributed by atoms with Crippen LogP contribution in [-0.4, -0.2) is 18.6 Å². The molecule has 2 nitrogen and oxygen atoms in total. The second-order valence-electron chi connectivity index (χ2n) is 3.93. The van der Waals surface area contributed by atoms with Crippen molar-refractivity contribution in [3.63, 3.8) is 0 Å². The summed E-state index contributed by atoms with van der Waals surface area (Å²) in [5.74, 6) is -0.622. The number of rotatable bonds is 2. The standard InChI is InChI=1S/C12H14FNO/c13-11-10(6-7-14-12(11)15)8-9-4-2-1-3-5-9/h1-5,10-11H,6-8H2,(H,14,15)/t10-,11+/m1/s1. The van der Waals surface area contributed by atoms with E-state index in [-0.39, 0.29) is 5.92 Å². The number of nitrogens with one attached hydrogen (secondary N) is 1. The Bertz CT molecular complexity index is 339. The zero-order valence-electron chi connectivity index (χ0n) is 8.45. The molecular formula is C12H14FNO. The maximum Gasteiger partial charge on any atom is 0.254 e. The molecule has 1 amide bonds. The van der Waals surface area contributed by atoms with Crippen molar-refractivity contribution in [2.24, 2.45) is 5.92 Å². The number of carbonyl (C=O) groups excluding carboxylic acids is 1. The van der Waals surface area contributed by atoms with Gasteiger partial charge in [-0.05, 0) is 18.4 Å². The third-order valence-electron chi connectivity index (χ3n) is 2.82. The number of benzene rings is 1. The Balaban J connectivity index is 2.02. The van der Waals surface area contributed by atoms with Crippen LogP contribution in [0.2, 0.25) is 0 Å². The van der Waals surface area contributed by atoms with Crippen molar-refractivity contribution in [2.45, 2.75) is 19.0 Å². The van der Waals surface area contributed by atoms with Crippen LogP contribution in [0.5, 0.6) is 0 Å². The summed E-state index contributed by atoms with van der Waals surface area (Å²) in [6.07, 6.45) is 0.0241. The predicted molar refractivity (Wildman–Crippen MR) is 56.2 cm³/mol. The van der Waals surface area contributed by atoms with E-state index in [1.165, 1.54) is 0 Å². The van der Waals surface area contributed by atoms with E-state index < -0.39 is 12.1 Å². The van der Waals surface area contributed by atoms with Gasteiger partial charge in [0, 0.05) is 12.5 Å². The molecule has 1 N–H and O–H groups in total. The van der Waals surface area contributed by atoms with Gasteiger partial charge in [-0.1, -0.05) is 30.3 Å². The van der Waals surface area contributed by atoms with E-state index in [9.17, 15) is 9.18 Å². The molecule has 15 heavy (non-hydrogen) atoms. The van der Waals surface area contributed by atoms with Gasteiger partial charge in [0.1, 0.15) is 0 Å². The van der Waals surface area contributed by atoms with Crippen molar-refractivity contribution in [1.82, 2.24) is 5.32 Å². The molecule has 2 rings (SSSR count). The maximum absolute atomic E-state index is 13.5. The number of amides is 1. The van der Waals surface area contributed by atoms with Crippen molar-refractivity contribution in [1.29, 1.82) is 0 Å². The average molecular weight is 207 g/mol. The summed E-state index contributed by atoms with van der Waals surface area (Å²) in [5, 5.41) is 2.53. The Hall–Kier alpha value is -1.38. The highest BCUT2D eigenvalue weighted by Crippen LogP contribution is 2.21. The Morgan fingerprint density at radius 3 is 2.80 bits per heavy atom. The van der Waals surface area contributed by atoms with Crippen LogP contribution in [0.4, 0.5) is 4.39 Å². The van der Waals surface area contributed by atoms with Crippen molar-refractivity contribution < 1.29 is 9.18 Å². The average Bonchev–Trinajstić information content (AvgIpc) is 2.26. The van der Waals surface area contributed by atoms with Crippen LogP contribution in [0.1, 0.15) is 12.0 Å². The fourth-order valence-corrected chi connectivity index (χ4v) is 1.96. The topological polar surface area (TPSA) is 29.1 Å². The third-order valence-corrected chi connectivity index (χ3v) is 2.82. The number of carbonyl (C=O) groups is 1. The summed E-state index contributed by atoms with van der Waals surface area (Å²) >= 11 is 0. The molecule has 0 unspecified atom stereocenters. The predicted octanol–water partition coefficient (Wildman–Crippen LogP) is 1.70. The van der Waals surface area contributed by atoms with Gasteiger partial charge in [0.25, 0.3) is 5.91 Å². The van der Waals surface area contributed by atoms with Crippen molar-refractivity contribution >= 4 is 5.91 Å². The highest BCUT2D eigenvalue weighted by molar-refractivity contribution is 5.81. The quantitative estimate of drug-likeness (QED) is 0.785. The van der Waals surface area contributed by atoms with Crippen LogP contribution in [0.25, 0.3) is 0 Å². The Kier molecular flexibility index (Phi) is 2.99. The highest BCUT2D eigenvalue weighted by Gasteiger charge is 2.31. The molecule has 0 spiro atoms. The lowest BCUT2D eigenvalue weighted by molar-refractivity contribution is -0.129. The van der Waals surface area contributed by atoms with Gasteiger partial charge >= 0.3 is 0 Å². The zero-order valence-corrected chi connectivity index (χ0v) is 8.45. The van der Waals surface area contributed by atoms with Gasteiger partial charge in [-0.15, -0.1) is 0 Å². The number of hydrogen-bond donors (Lipinski definition) is 1. The first-order chi connectivity index (χ1) is 7.27. The third kappa shape index (κ3) is 2.35. The molecular weight excluding hydrogens is 193 g/mol. The summed E-state index contributed by atoms with van der Waals surface area (Å²) in [6, 6.07) is 9.75. The lowest BCUT2D eigenvalue weighted by Gasteiger charge is -2.25. The summed E-state index contributed by atoms with van der Waals surface area (Å²) in [5.41, 5.74) is 1.10. The fourth-order valence-electron chi connectivity index (χ4n) is 1.96. The van der Waals surface area contributed by atoms with Crippen LogP contribution in [0.3, 0.4) is 0 Å². The van der Waals surface area contributed by atoms with E-state index in [2.05, 4.69) is 5.32 Å². The van der Waals surface area contributed by atoms with Gasteiger partial charge in [0.2, 0.25) is 0 Å². The summed E-state index contributed by atoms with van der Waals surface area (Å²) in [6.45, 7) is 0.594. The van der Waals surface area contributed by atoms with E-state index in [0.29, 0.717) is 13.0 Å². The van der Waals surface area contributed by atoms with E-state index in [4.69, 9.17) is 0 Å². The minimum atomic E-state index is -1.35. The summed E-state index contributed by atoms with van der Waals surface area (Å²) < 4.78 is 13.5. The minimum Gasteiger partial charge on any atom is -0.354 e. The van der Waals surface area contributed by atoms with Crippen LogP contribution in [-0.2, 0) is 11.2 Å². The van der Waals surface area contributed by atoms with Gasteiger partial charge in [-0.2, -0.15) is 0 Å². The van der Waals surface area contributed by atoms with E-state index in [0.717, 1.165) is 12.0 Å². The molecule has 1 aromatic carbocycles. The number of piperidine rings is 1. The molecule has 1 fully saturated rings. The van der Waals surface area contributed by atoms with Gasteiger partial charge in [0.15, 0.2) is 6.17 Å². The lowest BCUT2D eigenvalue weighted by atomic mass is 9.89. The Labute approximate surface area is 88.5 Å². The number of halogens is 1. The first-order valence-corrected chi connectivity index (χ1v) is 5.23. The van der Waals surface area contributed by atoms with Crippen LogP contribution in [0.15, 0.2) is 30.3 Å². The Morgan fingerprint density at radius 1 is 1.33 bits per heavy atom. The molecule has 1 aliphatic rings. The Morgan fingerprint density at radius 2 is 2.07 bits per heavy atom. The SMILES string of the molecule is O=C1NCC[C@H](Cc2ccccc2)[C@@H]1F. The summed E-state index contributed by atoms with van der Waals surface area (Å²) in [7, 11) is 0. The lowest BCUT2D eigenvalue weighted by Crippen LogP contribution is -2.44. The van der Waals surface area contributed by atoms with Crippen molar-refractivity contribution in [3.05, 3.63) is 35.9 Å². The highest BCUT2D eigenvalue weighted by atomic mass is 19.1. The zero-order chi connectivity index (χ0) is 10.7. The molecule has 0 bridgehead atoms. The molecule has 1 heterocycles. The van der Waals surface area contributed by atoms with Gasteiger partial charge in [-0.25, -0.2) is 4.39 Å². The molecule has 0 radical (unpaired) electrons.